The average molecular weight is 423 g/mol. The van der Waals surface area contributed by atoms with E-state index >= 15 is 0 Å². The van der Waals surface area contributed by atoms with Crippen molar-refractivity contribution < 1.29 is 9.59 Å². The van der Waals surface area contributed by atoms with E-state index in [2.05, 4.69) is 42.8 Å². The van der Waals surface area contributed by atoms with Gasteiger partial charge >= 0.3 is 0 Å². The van der Waals surface area contributed by atoms with Crippen LogP contribution in [-0.4, -0.2) is 23.1 Å². The topological polar surface area (TPSA) is 94.0 Å². The first kappa shape index (κ1) is 21.9. The smallest absolute Gasteiger partial charge is 0.241 e. The molecule has 0 bridgehead atoms. The van der Waals surface area contributed by atoms with Gasteiger partial charge in [0.2, 0.25) is 11.8 Å². The fourth-order valence-electron chi connectivity index (χ4n) is 3.25. The molecule has 0 aliphatic carbocycles. The molecule has 6 nitrogen and oxygen atoms in total. The van der Waals surface area contributed by atoms with E-state index in [-0.39, 0.29) is 23.0 Å². The Morgan fingerprint density at radius 1 is 1.13 bits per heavy atom. The lowest BCUT2D eigenvalue weighted by Gasteiger charge is -2.34. The van der Waals surface area contributed by atoms with Crippen LogP contribution in [0.1, 0.15) is 37.9 Å². The molecule has 2 amide bonds. The van der Waals surface area contributed by atoms with Gasteiger partial charge in [-0.3, -0.25) is 14.9 Å². The van der Waals surface area contributed by atoms with Crippen LogP contribution in [0.5, 0.6) is 0 Å². The van der Waals surface area contributed by atoms with E-state index in [1.165, 1.54) is 17.3 Å². The van der Waals surface area contributed by atoms with Crippen LogP contribution in [-0.2, 0) is 15.0 Å². The number of thioether (sulfide) groups is 1. The molecule has 0 saturated carbocycles. The van der Waals surface area contributed by atoms with E-state index in [0.717, 1.165) is 11.3 Å². The van der Waals surface area contributed by atoms with Gasteiger partial charge in [0.25, 0.3) is 0 Å². The molecule has 30 heavy (non-hydrogen) atoms. The zero-order valence-corrected chi connectivity index (χ0v) is 18.1. The summed E-state index contributed by atoms with van der Waals surface area (Å²) in [5.74, 6) is -1.15. The van der Waals surface area contributed by atoms with Gasteiger partial charge in [0.05, 0.1) is 17.9 Å². The van der Waals surface area contributed by atoms with Crippen LogP contribution in [0.25, 0.3) is 0 Å². The van der Waals surface area contributed by atoms with Gasteiger partial charge in [-0.2, -0.15) is 5.26 Å². The van der Waals surface area contributed by atoms with Gasteiger partial charge in [-0.05, 0) is 28.7 Å². The zero-order chi connectivity index (χ0) is 21.7. The highest BCUT2D eigenvalue weighted by molar-refractivity contribution is 8.00. The van der Waals surface area contributed by atoms with Crippen molar-refractivity contribution in [3.63, 3.8) is 0 Å². The number of amides is 2. The molecule has 1 aliphatic rings. The van der Waals surface area contributed by atoms with Gasteiger partial charge in [-0.15, -0.1) is 11.8 Å². The first-order chi connectivity index (χ1) is 14.3. The number of benzene rings is 2. The maximum absolute atomic E-state index is 12.5. The SMILES string of the molecule is CC(C)(C)c1ccc(C2NC(SCC(=O)Nc3ccccc3)NC(=O)C2C#N)cc1. The molecule has 7 heteroatoms. The Morgan fingerprint density at radius 2 is 1.80 bits per heavy atom. The molecule has 3 atom stereocenters. The number of anilines is 1. The first-order valence-electron chi connectivity index (χ1n) is 9.81. The molecule has 1 heterocycles. The number of rotatable bonds is 5. The molecule has 0 radical (unpaired) electrons. The minimum atomic E-state index is -0.833. The predicted molar refractivity (Wildman–Crippen MR) is 120 cm³/mol. The van der Waals surface area contributed by atoms with Crippen molar-refractivity contribution in [2.24, 2.45) is 5.92 Å². The van der Waals surface area contributed by atoms with Crippen molar-refractivity contribution in [1.29, 1.82) is 5.26 Å². The third-order valence-corrected chi connectivity index (χ3v) is 5.95. The normalized spacial score (nSPS) is 21.4. The number of carbonyl (C=O) groups is 2. The van der Waals surface area contributed by atoms with Crippen LogP contribution in [0.3, 0.4) is 0 Å². The Hall–Kier alpha value is -2.82. The Balaban J connectivity index is 1.66. The Kier molecular flexibility index (Phi) is 6.80. The first-order valence-corrected chi connectivity index (χ1v) is 10.9. The van der Waals surface area contributed by atoms with Crippen LogP contribution < -0.4 is 16.0 Å². The molecule has 0 aromatic heterocycles. The zero-order valence-electron chi connectivity index (χ0n) is 17.3. The highest BCUT2D eigenvalue weighted by Gasteiger charge is 2.37. The van der Waals surface area contributed by atoms with Crippen LogP contribution in [0, 0.1) is 17.2 Å². The van der Waals surface area contributed by atoms with Gasteiger partial charge in [-0.25, -0.2) is 0 Å². The fraction of sp³-hybridized carbons (Fsp3) is 0.348. The fourth-order valence-corrected chi connectivity index (χ4v) is 4.08. The second kappa shape index (κ2) is 9.33. The number of hydrogen-bond donors (Lipinski definition) is 3. The Bertz CT molecular complexity index is 932. The molecule has 2 aromatic carbocycles. The van der Waals surface area contributed by atoms with Crippen molar-refractivity contribution in [2.45, 2.75) is 37.7 Å². The summed E-state index contributed by atoms with van der Waals surface area (Å²) in [6, 6.07) is 18.9. The summed E-state index contributed by atoms with van der Waals surface area (Å²) in [5, 5.41) is 18.4. The van der Waals surface area contributed by atoms with Crippen molar-refractivity contribution in [1.82, 2.24) is 10.6 Å². The quantitative estimate of drug-likeness (QED) is 0.685. The molecule has 156 valence electrons. The molecule has 3 N–H and O–H groups in total. The number of carbonyl (C=O) groups excluding carboxylic acids is 2. The minimum absolute atomic E-state index is 0.0228. The van der Waals surface area contributed by atoms with E-state index in [4.69, 9.17) is 0 Å². The predicted octanol–water partition coefficient (Wildman–Crippen LogP) is 3.54. The number of nitriles is 1. The maximum atomic E-state index is 12.5. The molecule has 1 saturated heterocycles. The van der Waals surface area contributed by atoms with E-state index in [9.17, 15) is 14.9 Å². The molecular weight excluding hydrogens is 396 g/mol. The van der Waals surface area contributed by atoms with Gasteiger partial charge < -0.3 is 10.6 Å². The van der Waals surface area contributed by atoms with E-state index in [0.29, 0.717) is 0 Å². The minimum Gasteiger partial charge on any atom is -0.331 e. The van der Waals surface area contributed by atoms with Crippen molar-refractivity contribution in [3.05, 3.63) is 65.7 Å². The van der Waals surface area contributed by atoms with E-state index < -0.39 is 17.5 Å². The van der Waals surface area contributed by atoms with Crippen LogP contribution in [0.15, 0.2) is 54.6 Å². The average Bonchev–Trinajstić information content (AvgIpc) is 2.72. The summed E-state index contributed by atoms with van der Waals surface area (Å²) < 4.78 is 0. The summed E-state index contributed by atoms with van der Waals surface area (Å²) in [6.45, 7) is 6.42. The number of hydrogen-bond acceptors (Lipinski definition) is 5. The summed E-state index contributed by atoms with van der Waals surface area (Å²) in [5.41, 5.74) is 2.35. The number of nitrogens with one attached hydrogen (secondary N) is 3. The summed E-state index contributed by atoms with van der Waals surface area (Å²) in [7, 11) is 0. The molecule has 1 aliphatic heterocycles. The molecule has 3 rings (SSSR count). The van der Waals surface area contributed by atoms with Crippen molar-refractivity contribution in [2.75, 3.05) is 11.1 Å². The highest BCUT2D eigenvalue weighted by atomic mass is 32.2. The van der Waals surface area contributed by atoms with Gasteiger partial charge in [-0.1, -0.05) is 63.2 Å². The van der Waals surface area contributed by atoms with Crippen LogP contribution >= 0.6 is 11.8 Å². The van der Waals surface area contributed by atoms with Gasteiger partial charge in [0.15, 0.2) is 0 Å². The summed E-state index contributed by atoms with van der Waals surface area (Å²) in [4.78, 5) is 24.7. The Labute approximate surface area is 181 Å². The number of nitrogens with zero attached hydrogens (tertiary/aromatic N) is 1. The van der Waals surface area contributed by atoms with Gasteiger partial charge in [0.1, 0.15) is 11.4 Å². The standard InChI is InChI=1S/C23H26N4O2S/c1-23(2,3)16-11-9-15(10-12-16)20-18(13-24)21(29)27-22(26-20)30-14-19(28)25-17-7-5-4-6-8-17/h4-12,18,20,22,26H,14H2,1-3H3,(H,25,28)(H,27,29). The second-order valence-electron chi connectivity index (χ2n) is 8.24. The van der Waals surface area contributed by atoms with Crippen LogP contribution in [0.2, 0.25) is 0 Å². The molecule has 0 spiro atoms. The van der Waals surface area contributed by atoms with Crippen LogP contribution in [0.4, 0.5) is 5.69 Å². The lowest BCUT2D eigenvalue weighted by Crippen LogP contribution is -2.56. The Morgan fingerprint density at radius 3 is 2.40 bits per heavy atom. The largest absolute Gasteiger partial charge is 0.331 e. The van der Waals surface area contributed by atoms with Gasteiger partial charge in [0, 0.05) is 5.69 Å². The molecule has 2 aromatic rings. The summed E-state index contributed by atoms with van der Waals surface area (Å²) >= 11 is 1.28. The lowest BCUT2D eigenvalue weighted by molar-refractivity contribution is -0.126. The van der Waals surface area contributed by atoms with E-state index in [1.807, 2.05) is 54.6 Å². The maximum Gasteiger partial charge on any atom is 0.241 e. The van der Waals surface area contributed by atoms with E-state index in [1.54, 1.807) is 0 Å². The lowest BCUT2D eigenvalue weighted by atomic mass is 9.85. The third-order valence-electron chi connectivity index (χ3n) is 4.93. The third kappa shape index (κ3) is 5.41. The van der Waals surface area contributed by atoms with Crippen molar-refractivity contribution in [3.8, 4) is 6.07 Å². The monoisotopic (exact) mass is 422 g/mol. The number of para-hydroxylation sites is 1. The highest BCUT2D eigenvalue weighted by Crippen LogP contribution is 2.30. The second-order valence-corrected chi connectivity index (χ2v) is 9.33. The molecular formula is C23H26N4O2S. The summed E-state index contributed by atoms with van der Waals surface area (Å²) in [6.07, 6.45) is 0. The molecule has 1 fully saturated rings. The molecule has 3 unspecified atom stereocenters. The van der Waals surface area contributed by atoms with Crippen molar-refractivity contribution >= 4 is 29.3 Å².